The first-order chi connectivity index (χ1) is 9.95. The lowest BCUT2D eigenvalue weighted by Gasteiger charge is -2.35. The predicted octanol–water partition coefficient (Wildman–Crippen LogP) is 1.86. The maximum atomic E-state index is 13.0. The average Bonchev–Trinajstić information content (AvgIpc) is 2.42. The van der Waals surface area contributed by atoms with Crippen molar-refractivity contribution in [3.05, 3.63) is 34.6 Å². The molecule has 1 amide bonds. The molecule has 0 radical (unpaired) electrons. The largest absolute Gasteiger partial charge is 0.340 e. The maximum Gasteiger partial charge on any atom is 0.224 e. The molecular weight excluding hydrogens is 293 g/mol. The normalized spacial score (nSPS) is 17.8. The molecule has 1 aliphatic rings. The summed E-state index contributed by atoms with van der Waals surface area (Å²) in [6.45, 7) is 5.49. The highest BCUT2D eigenvalue weighted by molar-refractivity contribution is 6.31. The third-order valence-electron chi connectivity index (χ3n) is 3.63. The third-order valence-corrected chi connectivity index (χ3v) is 3.98. The van der Waals surface area contributed by atoms with E-state index < -0.39 is 0 Å². The monoisotopic (exact) mass is 313 g/mol. The number of hydrogen-bond donors (Lipinski definition) is 1. The zero-order valence-electron chi connectivity index (χ0n) is 12.2. The van der Waals surface area contributed by atoms with Gasteiger partial charge in [0.15, 0.2) is 0 Å². The van der Waals surface area contributed by atoms with E-state index in [1.807, 2.05) is 11.8 Å². The molecule has 1 saturated heterocycles. The van der Waals surface area contributed by atoms with Gasteiger partial charge >= 0.3 is 0 Å². The van der Waals surface area contributed by atoms with Gasteiger partial charge in [0.2, 0.25) is 5.91 Å². The highest BCUT2D eigenvalue weighted by Gasteiger charge is 2.22. The smallest absolute Gasteiger partial charge is 0.224 e. The molecule has 1 aromatic carbocycles. The van der Waals surface area contributed by atoms with Crippen LogP contribution in [0.2, 0.25) is 5.02 Å². The van der Waals surface area contributed by atoms with Gasteiger partial charge in [0.25, 0.3) is 0 Å². The Morgan fingerprint density at radius 2 is 2.05 bits per heavy atom. The first-order valence-corrected chi connectivity index (χ1v) is 7.53. The van der Waals surface area contributed by atoms with Gasteiger partial charge in [-0.2, -0.15) is 0 Å². The number of halogens is 2. The van der Waals surface area contributed by atoms with Crippen molar-refractivity contribution < 1.29 is 9.18 Å². The molecular formula is C15H21ClFN3O. The molecule has 2 N–H and O–H groups in total. The van der Waals surface area contributed by atoms with Crippen molar-refractivity contribution in [1.29, 1.82) is 0 Å². The molecule has 1 fully saturated rings. The number of amides is 1. The summed E-state index contributed by atoms with van der Waals surface area (Å²) < 4.78 is 13.0. The second-order valence-electron chi connectivity index (χ2n) is 5.57. The highest BCUT2D eigenvalue weighted by atomic mass is 35.5. The maximum absolute atomic E-state index is 13.0. The minimum absolute atomic E-state index is 0.103. The summed E-state index contributed by atoms with van der Waals surface area (Å²) in [6, 6.07) is 4.36. The zero-order chi connectivity index (χ0) is 15.4. The minimum Gasteiger partial charge on any atom is -0.340 e. The van der Waals surface area contributed by atoms with Crippen LogP contribution in [0, 0.1) is 5.82 Å². The van der Waals surface area contributed by atoms with Crippen LogP contribution in [-0.4, -0.2) is 47.9 Å². The number of nitrogens with zero attached hydrogens (tertiary/aromatic N) is 2. The molecule has 2 rings (SSSR count). The van der Waals surface area contributed by atoms with E-state index in [1.54, 1.807) is 6.07 Å². The lowest BCUT2D eigenvalue weighted by molar-refractivity contribution is -0.133. The molecule has 1 atom stereocenters. The third kappa shape index (κ3) is 4.66. The topological polar surface area (TPSA) is 49.6 Å². The van der Waals surface area contributed by atoms with Crippen LogP contribution in [0.5, 0.6) is 0 Å². The Morgan fingerprint density at radius 1 is 1.38 bits per heavy atom. The van der Waals surface area contributed by atoms with Crippen molar-refractivity contribution in [1.82, 2.24) is 9.80 Å². The van der Waals surface area contributed by atoms with Crippen molar-refractivity contribution in [3.8, 4) is 0 Å². The molecule has 6 heteroatoms. The van der Waals surface area contributed by atoms with Crippen molar-refractivity contribution in [2.24, 2.45) is 5.73 Å². The van der Waals surface area contributed by atoms with Crippen LogP contribution in [0.25, 0.3) is 0 Å². The second-order valence-corrected chi connectivity index (χ2v) is 5.98. The van der Waals surface area contributed by atoms with Gasteiger partial charge < -0.3 is 10.6 Å². The van der Waals surface area contributed by atoms with E-state index in [0.717, 1.165) is 18.7 Å². The van der Waals surface area contributed by atoms with E-state index in [4.69, 9.17) is 17.3 Å². The number of hydrogen-bond acceptors (Lipinski definition) is 3. The van der Waals surface area contributed by atoms with Gasteiger partial charge in [0.1, 0.15) is 5.82 Å². The summed E-state index contributed by atoms with van der Waals surface area (Å²) >= 11 is 6.04. The summed E-state index contributed by atoms with van der Waals surface area (Å²) in [5.41, 5.74) is 6.57. The summed E-state index contributed by atoms with van der Waals surface area (Å²) in [5.74, 6) is -0.209. The van der Waals surface area contributed by atoms with Crippen LogP contribution in [0.1, 0.15) is 18.9 Å². The number of benzene rings is 1. The lowest BCUT2D eigenvalue weighted by atomic mass is 10.1. The fourth-order valence-corrected chi connectivity index (χ4v) is 2.68. The molecule has 0 spiro atoms. The van der Waals surface area contributed by atoms with Gasteiger partial charge in [-0.05, 0) is 24.6 Å². The molecule has 1 aromatic rings. The molecule has 0 aromatic heterocycles. The molecule has 0 aliphatic carbocycles. The van der Waals surface area contributed by atoms with Gasteiger partial charge in [0.05, 0.1) is 0 Å². The SMILES string of the molecule is CC(N)CC(=O)N1CCN(Cc2ccc(F)cc2Cl)CC1. The van der Waals surface area contributed by atoms with Gasteiger partial charge in [-0.25, -0.2) is 4.39 Å². The Balaban J connectivity index is 1.85. The van der Waals surface area contributed by atoms with E-state index in [-0.39, 0.29) is 17.8 Å². The Kier molecular flexibility index (Phi) is 5.56. The number of carbonyl (C=O) groups is 1. The Bertz CT molecular complexity index is 502. The summed E-state index contributed by atoms with van der Waals surface area (Å²) in [7, 11) is 0. The molecule has 1 unspecified atom stereocenters. The van der Waals surface area contributed by atoms with Gasteiger partial charge in [-0.15, -0.1) is 0 Å². The van der Waals surface area contributed by atoms with E-state index in [1.165, 1.54) is 12.1 Å². The van der Waals surface area contributed by atoms with E-state index >= 15 is 0 Å². The number of rotatable bonds is 4. The first kappa shape index (κ1) is 16.2. The average molecular weight is 314 g/mol. The predicted molar refractivity (Wildman–Crippen MR) is 81.5 cm³/mol. The van der Waals surface area contributed by atoms with Crippen LogP contribution in [0.15, 0.2) is 18.2 Å². The standard InChI is InChI=1S/C15H21ClFN3O/c1-11(18)8-15(21)20-6-4-19(5-7-20)10-12-2-3-13(17)9-14(12)16/h2-3,9,11H,4-8,10,18H2,1H3. The van der Waals surface area contributed by atoms with Crippen LogP contribution in [-0.2, 0) is 11.3 Å². The van der Waals surface area contributed by atoms with Crippen LogP contribution in [0.4, 0.5) is 4.39 Å². The molecule has 0 saturated carbocycles. The Hall–Kier alpha value is -1.17. The Labute approximate surface area is 129 Å². The fourth-order valence-electron chi connectivity index (χ4n) is 2.45. The van der Waals surface area contributed by atoms with E-state index in [9.17, 15) is 9.18 Å². The number of nitrogens with two attached hydrogens (primary N) is 1. The summed E-state index contributed by atoms with van der Waals surface area (Å²) in [5, 5.41) is 0.450. The molecule has 1 aliphatic heterocycles. The van der Waals surface area contributed by atoms with Gasteiger partial charge in [-0.1, -0.05) is 17.7 Å². The number of piperazine rings is 1. The van der Waals surface area contributed by atoms with E-state index in [2.05, 4.69) is 4.90 Å². The van der Waals surface area contributed by atoms with E-state index in [0.29, 0.717) is 31.1 Å². The lowest BCUT2D eigenvalue weighted by Crippen LogP contribution is -2.49. The second kappa shape index (κ2) is 7.20. The molecule has 116 valence electrons. The van der Waals surface area contributed by atoms with Gasteiger partial charge in [-0.3, -0.25) is 9.69 Å². The summed E-state index contributed by atoms with van der Waals surface area (Å²) in [6.07, 6.45) is 0.393. The van der Waals surface area contributed by atoms with Crippen LogP contribution >= 0.6 is 11.6 Å². The van der Waals surface area contributed by atoms with Gasteiger partial charge in [0, 0.05) is 50.2 Å². The van der Waals surface area contributed by atoms with Crippen molar-refractivity contribution in [2.75, 3.05) is 26.2 Å². The van der Waals surface area contributed by atoms with Crippen molar-refractivity contribution in [2.45, 2.75) is 25.9 Å². The Morgan fingerprint density at radius 3 is 2.62 bits per heavy atom. The highest BCUT2D eigenvalue weighted by Crippen LogP contribution is 2.19. The zero-order valence-corrected chi connectivity index (χ0v) is 12.9. The fraction of sp³-hybridized carbons (Fsp3) is 0.533. The molecule has 0 bridgehead atoms. The number of carbonyl (C=O) groups excluding carboxylic acids is 1. The first-order valence-electron chi connectivity index (χ1n) is 7.15. The quantitative estimate of drug-likeness (QED) is 0.923. The minimum atomic E-state index is -0.324. The summed E-state index contributed by atoms with van der Waals surface area (Å²) in [4.78, 5) is 16.0. The molecule has 21 heavy (non-hydrogen) atoms. The molecule has 4 nitrogen and oxygen atoms in total. The molecule has 1 heterocycles. The van der Waals surface area contributed by atoms with Crippen molar-refractivity contribution in [3.63, 3.8) is 0 Å². The van der Waals surface area contributed by atoms with Crippen LogP contribution < -0.4 is 5.73 Å². The van der Waals surface area contributed by atoms with Crippen LogP contribution in [0.3, 0.4) is 0 Å². The van der Waals surface area contributed by atoms with Crippen molar-refractivity contribution >= 4 is 17.5 Å².